The lowest BCUT2D eigenvalue weighted by molar-refractivity contribution is -0.136. The van der Waals surface area contributed by atoms with E-state index in [4.69, 9.17) is 0 Å². The van der Waals surface area contributed by atoms with E-state index in [2.05, 4.69) is 27.8 Å². The minimum atomic E-state index is 0.201. The van der Waals surface area contributed by atoms with Gasteiger partial charge < -0.3 is 4.90 Å². The molecule has 0 radical (unpaired) electrons. The number of aromatic nitrogens is 1. The van der Waals surface area contributed by atoms with E-state index < -0.39 is 0 Å². The number of pyridine rings is 1. The predicted octanol–water partition coefficient (Wildman–Crippen LogP) is 2.24. The summed E-state index contributed by atoms with van der Waals surface area (Å²) in [5.41, 5.74) is 1.30. The molecule has 5 heteroatoms. The highest BCUT2D eigenvalue weighted by Crippen LogP contribution is 2.25. The third-order valence-electron chi connectivity index (χ3n) is 5.86. The van der Waals surface area contributed by atoms with E-state index in [0.717, 1.165) is 52.1 Å². The quantitative estimate of drug-likeness (QED) is 0.821. The third-order valence-corrected chi connectivity index (χ3v) is 5.86. The molecular formula is C20H32N4O. The molecule has 25 heavy (non-hydrogen) atoms. The van der Waals surface area contributed by atoms with Gasteiger partial charge in [-0.2, -0.15) is 0 Å². The van der Waals surface area contributed by atoms with Crippen molar-refractivity contribution in [2.45, 2.75) is 45.2 Å². The lowest BCUT2D eigenvalue weighted by atomic mass is 9.93. The average Bonchev–Trinajstić information content (AvgIpc) is 2.68. The molecule has 0 aliphatic carbocycles. The van der Waals surface area contributed by atoms with E-state index in [1.807, 2.05) is 30.4 Å². The number of nitrogens with zero attached hydrogens (tertiary/aromatic N) is 4. The van der Waals surface area contributed by atoms with Crippen LogP contribution in [-0.4, -0.2) is 71.4 Å². The Labute approximate surface area is 152 Å². The zero-order valence-corrected chi connectivity index (χ0v) is 15.7. The lowest BCUT2D eigenvalue weighted by Gasteiger charge is -2.42. The predicted molar refractivity (Wildman–Crippen MR) is 100 cm³/mol. The molecule has 0 saturated carbocycles. The van der Waals surface area contributed by atoms with Gasteiger partial charge in [0.2, 0.25) is 5.91 Å². The molecule has 0 aromatic carbocycles. The lowest BCUT2D eigenvalue weighted by Crippen LogP contribution is -2.50. The van der Waals surface area contributed by atoms with Gasteiger partial charge in [0.1, 0.15) is 0 Å². The number of piperidine rings is 2. The van der Waals surface area contributed by atoms with Crippen LogP contribution in [0.3, 0.4) is 0 Å². The Kier molecular flexibility index (Phi) is 6.43. The Morgan fingerprint density at radius 3 is 2.76 bits per heavy atom. The monoisotopic (exact) mass is 344 g/mol. The van der Waals surface area contributed by atoms with Crippen LogP contribution in [0.25, 0.3) is 0 Å². The van der Waals surface area contributed by atoms with Crippen molar-refractivity contribution in [1.29, 1.82) is 0 Å². The van der Waals surface area contributed by atoms with Crippen molar-refractivity contribution in [3.05, 3.63) is 30.1 Å². The summed E-state index contributed by atoms with van der Waals surface area (Å²) in [7, 11) is 1.93. The van der Waals surface area contributed by atoms with E-state index in [9.17, 15) is 4.79 Å². The van der Waals surface area contributed by atoms with Crippen LogP contribution in [0.2, 0.25) is 0 Å². The van der Waals surface area contributed by atoms with Gasteiger partial charge in [0.05, 0.1) is 5.92 Å². The Morgan fingerprint density at radius 1 is 1.28 bits per heavy atom. The molecule has 5 nitrogen and oxygen atoms in total. The number of carbonyl (C=O) groups is 1. The average molecular weight is 345 g/mol. The van der Waals surface area contributed by atoms with Crippen LogP contribution in [0, 0.1) is 5.92 Å². The van der Waals surface area contributed by atoms with Crippen LogP contribution < -0.4 is 0 Å². The number of carbonyl (C=O) groups excluding carboxylic acids is 1. The molecule has 2 aliphatic rings. The molecule has 0 N–H and O–H groups in total. The Hall–Kier alpha value is -1.46. The van der Waals surface area contributed by atoms with Gasteiger partial charge in [0.15, 0.2) is 0 Å². The first-order valence-corrected chi connectivity index (χ1v) is 9.77. The van der Waals surface area contributed by atoms with E-state index in [1.54, 1.807) is 0 Å². The fourth-order valence-corrected chi connectivity index (χ4v) is 4.20. The molecule has 3 heterocycles. The molecule has 2 saturated heterocycles. The zero-order chi connectivity index (χ0) is 17.6. The minimum absolute atomic E-state index is 0.201. The van der Waals surface area contributed by atoms with Gasteiger partial charge in [0.25, 0.3) is 0 Å². The minimum Gasteiger partial charge on any atom is -0.346 e. The number of hydrogen-bond donors (Lipinski definition) is 0. The number of amides is 1. The van der Waals surface area contributed by atoms with Gasteiger partial charge in [-0.15, -0.1) is 0 Å². The molecule has 1 atom stereocenters. The molecule has 1 aromatic rings. The van der Waals surface area contributed by atoms with Crippen molar-refractivity contribution in [3.8, 4) is 0 Å². The highest BCUT2D eigenvalue weighted by molar-refractivity contribution is 5.78. The molecule has 1 amide bonds. The Morgan fingerprint density at radius 2 is 2.08 bits per heavy atom. The van der Waals surface area contributed by atoms with Crippen molar-refractivity contribution >= 4 is 5.91 Å². The zero-order valence-electron chi connectivity index (χ0n) is 15.7. The fourth-order valence-electron chi connectivity index (χ4n) is 4.20. The molecule has 3 rings (SSSR count). The van der Waals surface area contributed by atoms with Crippen LogP contribution in [-0.2, 0) is 11.3 Å². The molecule has 0 bridgehead atoms. The summed E-state index contributed by atoms with van der Waals surface area (Å²) in [6.45, 7) is 8.26. The second-order valence-corrected chi connectivity index (χ2v) is 7.56. The molecule has 0 unspecified atom stereocenters. The summed E-state index contributed by atoms with van der Waals surface area (Å²) in [5, 5.41) is 0. The third kappa shape index (κ3) is 4.79. The topological polar surface area (TPSA) is 39.7 Å². The maximum Gasteiger partial charge on any atom is 0.226 e. The van der Waals surface area contributed by atoms with Crippen LogP contribution in [0.1, 0.15) is 38.2 Å². The maximum atomic E-state index is 12.5. The molecule has 2 fully saturated rings. The van der Waals surface area contributed by atoms with E-state index in [-0.39, 0.29) is 5.92 Å². The first kappa shape index (κ1) is 18.3. The van der Waals surface area contributed by atoms with Crippen molar-refractivity contribution in [2.75, 3.05) is 39.8 Å². The summed E-state index contributed by atoms with van der Waals surface area (Å²) in [6.07, 6.45) is 8.44. The summed E-state index contributed by atoms with van der Waals surface area (Å²) < 4.78 is 0. The largest absolute Gasteiger partial charge is 0.346 e. The van der Waals surface area contributed by atoms with Gasteiger partial charge in [-0.25, -0.2) is 0 Å². The summed E-state index contributed by atoms with van der Waals surface area (Å²) in [5.74, 6) is 0.535. The smallest absolute Gasteiger partial charge is 0.226 e. The van der Waals surface area contributed by atoms with Crippen molar-refractivity contribution in [2.24, 2.45) is 5.92 Å². The van der Waals surface area contributed by atoms with Gasteiger partial charge >= 0.3 is 0 Å². The van der Waals surface area contributed by atoms with Crippen LogP contribution in [0.15, 0.2) is 24.5 Å². The first-order valence-electron chi connectivity index (χ1n) is 9.77. The maximum absolute atomic E-state index is 12.5. The number of likely N-dealkylation sites (tertiary alicyclic amines) is 2. The van der Waals surface area contributed by atoms with Gasteiger partial charge in [-0.3, -0.25) is 19.6 Å². The van der Waals surface area contributed by atoms with Crippen LogP contribution >= 0.6 is 0 Å². The Bertz CT molecular complexity index is 542. The molecule has 1 aromatic heterocycles. The van der Waals surface area contributed by atoms with Gasteiger partial charge in [-0.05, 0) is 63.9 Å². The molecule has 138 valence electrons. The summed E-state index contributed by atoms with van der Waals surface area (Å²) in [6, 6.07) is 4.82. The number of rotatable bonds is 5. The summed E-state index contributed by atoms with van der Waals surface area (Å²) in [4.78, 5) is 23.7. The second-order valence-electron chi connectivity index (χ2n) is 7.56. The van der Waals surface area contributed by atoms with Crippen LogP contribution in [0.5, 0.6) is 0 Å². The fraction of sp³-hybridized carbons (Fsp3) is 0.700. The summed E-state index contributed by atoms with van der Waals surface area (Å²) >= 11 is 0. The van der Waals surface area contributed by atoms with Crippen molar-refractivity contribution in [3.63, 3.8) is 0 Å². The molecule has 2 aliphatic heterocycles. The molecular weight excluding hydrogens is 312 g/mol. The van der Waals surface area contributed by atoms with E-state index in [0.29, 0.717) is 11.9 Å². The number of hydrogen-bond acceptors (Lipinski definition) is 4. The van der Waals surface area contributed by atoms with Crippen LogP contribution in [0.4, 0.5) is 0 Å². The van der Waals surface area contributed by atoms with Crippen molar-refractivity contribution < 1.29 is 4.79 Å². The second kappa shape index (κ2) is 8.77. The standard InChI is InChI=1S/C20H32N4O/c1-3-22(2)20(25)18-7-5-11-24(16-18)19-8-12-23(13-9-19)15-17-6-4-10-21-14-17/h4,6,10,14,18-19H,3,5,7-9,11-13,15-16H2,1-2H3/t18-/m1/s1. The van der Waals surface area contributed by atoms with Crippen molar-refractivity contribution in [1.82, 2.24) is 19.7 Å². The van der Waals surface area contributed by atoms with Gasteiger partial charge in [-0.1, -0.05) is 6.07 Å². The highest BCUT2D eigenvalue weighted by Gasteiger charge is 2.32. The van der Waals surface area contributed by atoms with Gasteiger partial charge in [0, 0.05) is 45.1 Å². The Balaban J connectivity index is 1.48. The highest BCUT2D eigenvalue weighted by atomic mass is 16.2. The normalized spacial score (nSPS) is 23.5. The first-order chi connectivity index (χ1) is 12.2. The van der Waals surface area contributed by atoms with E-state index >= 15 is 0 Å². The molecule has 0 spiro atoms. The van der Waals surface area contributed by atoms with E-state index in [1.165, 1.54) is 18.4 Å². The SMILES string of the molecule is CCN(C)C(=O)[C@@H]1CCCN(C2CCN(Cc3cccnc3)CC2)C1.